The highest BCUT2D eigenvalue weighted by Crippen LogP contribution is 2.27. The second-order valence-corrected chi connectivity index (χ2v) is 4.93. The highest BCUT2D eigenvalue weighted by molar-refractivity contribution is 5.70. The third kappa shape index (κ3) is 4.04. The molecule has 2 aromatic rings. The Morgan fingerprint density at radius 1 is 1.14 bits per heavy atom. The summed E-state index contributed by atoms with van der Waals surface area (Å²) in [5.74, 6) is -1.30. The summed E-state index contributed by atoms with van der Waals surface area (Å²) in [6.45, 7) is 1.91. The summed E-state index contributed by atoms with van der Waals surface area (Å²) < 4.78 is 36.3. The summed E-state index contributed by atoms with van der Waals surface area (Å²) in [6, 6.07) is 10.1. The molecule has 2 aromatic carbocycles. The van der Waals surface area contributed by atoms with Crippen LogP contribution in [0.15, 0.2) is 42.5 Å². The predicted molar refractivity (Wildman–Crippen MR) is 77.9 cm³/mol. The molecule has 0 heterocycles. The van der Waals surface area contributed by atoms with E-state index in [4.69, 9.17) is 4.74 Å². The summed E-state index contributed by atoms with van der Waals surface area (Å²) in [7, 11) is 1.35. The van der Waals surface area contributed by atoms with Crippen LogP contribution in [-0.2, 0) is 9.53 Å². The minimum atomic E-state index is -0.761. The third-order valence-corrected chi connectivity index (χ3v) is 3.27. The van der Waals surface area contributed by atoms with Crippen molar-refractivity contribution in [3.05, 3.63) is 59.7 Å². The number of ether oxygens (including phenoxy) is 2. The Hall–Kier alpha value is -2.43. The van der Waals surface area contributed by atoms with Crippen LogP contribution in [-0.4, -0.2) is 13.1 Å². The van der Waals surface area contributed by atoms with Crippen molar-refractivity contribution in [3.63, 3.8) is 0 Å². The Morgan fingerprint density at radius 2 is 1.82 bits per heavy atom. The summed E-state index contributed by atoms with van der Waals surface area (Å²) in [5, 5.41) is 0. The summed E-state index contributed by atoms with van der Waals surface area (Å²) in [4.78, 5) is 11.2. The van der Waals surface area contributed by atoms with Gasteiger partial charge in [-0.1, -0.05) is 19.1 Å². The van der Waals surface area contributed by atoms with Gasteiger partial charge < -0.3 is 9.47 Å². The Kier molecular flexibility index (Phi) is 5.09. The molecule has 0 fully saturated rings. The Labute approximate surface area is 127 Å². The molecule has 0 radical (unpaired) electrons. The molecular formula is C17H16F2O3. The van der Waals surface area contributed by atoms with Gasteiger partial charge in [0.1, 0.15) is 11.6 Å². The molecule has 3 nitrogen and oxygen atoms in total. The Bertz CT molecular complexity index is 653. The van der Waals surface area contributed by atoms with E-state index in [0.29, 0.717) is 5.75 Å². The fourth-order valence-corrected chi connectivity index (χ4v) is 2.00. The Balaban J connectivity index is 2.07. The highest BCUT2D eigenvalue weighted by atomic mass is 19.1. The molecule has 0 aliphatic heterocycles. The van der Waals surface area contributed by atoms with Crippen molar-refractivity contribution in [1.82, 2.24) is 0 Å². The van der Waals surface area contributed by atoms with Crippen molar-refractivity contribution < 1.29 is 23.0 Å². The van der Waals surface area contributed by atoms with E-state index in [0.717, 1.165) is 17.7 Å². The van der Waals surface area contributed by atoms with Crippen LogP contribution in [0.3, 0.4) is 0 Å². The van der Waals surface area contributed by atoms with E-state index in [1.807, 2.05) is 6.92 Å². The average molecular weight is 306 g/mol. The zero-order valence-corrected chi connectivity index (χ0v) is 12.3. The van der Waals surface area contributed by atoms with Gasteiger partial charge >= 0.3 is 5.97 Å². The molecule has 0 aromatic heterocycles. The lowest BCUT2D eigenvalue weighted by molar-refractivity contribution is -0.140. The quantitative estimate of drug-likeness (QED) is 0.767. The number of benzene rings is 2. The van der Waals surface area contributed by atoms with E-state index in [1.54, 1.807) is 24.3 Å². The number of hydrogen-bond donors (Lipinski definition) is 0. The first-order valence-corrected chi connectivity index (χ1v) is 6.79. The van der Waals surface area contributed by atoms with Gasteiger partial charge in [0, 0.05) is 6.07 Å². The molecule has 0 saturated carbocycles. The number of halogens is 2. The van der Waals surface area contributed by atoms with E-state index >= 15 is 0 Å². The minimum Gasteiger partial charge on any atom is -0.469 e. The summed E-state index contributed by atoms with van der Waals surface area (Å²) in [5.41, 5.74) is 0.942. The lowest BCUT2D eigenvalue weighted by atomic mass is 9.98. The molecule has 116 valence electrons. The maximum Gasteiger partial charge on any atom is 0.306 e. The van der Waals surface area contributed by atoms with Crippen molar-refractivity contribution in [2.45, 2.75) is 19.3 Å². The van der Waals surface area contributed by atoms with Gasteiger partial charge in [-0.05, 0) is 35.7 Å². The lowest BCUT2D eigenvalue weighted by Gasteiger charge is -2.12. The van der Waals surface area contributed by atoms with Crippen LogP contribution < -0.4 is 4.74 Å². The van der Waals surface area contributed by atoms with Crippen molar-refractivity contribution in [3.8, 4) is 11.5 Å². The van der Waals surface area contributed by atoms with Crippen LogP contribution in [0.2, 0.25) is 0 Å². The van der Waals surface area contributed by atoms with Crippen LogP contribution in [0.4, 0.5) is 8.78 Å². The first-order valence-electron chi connectivity index (χ1n) is 6.79. The predicted octanol–water partition coefficient (Wildman–Crippen LogP) is 4.42. The van der Waals surface area contributed by atoms with Gasteiger partial charge in [0.25, 0.3) is 0 Å². The normalized spacial score (nSPS) is 11.8. The molecule has 0 saturated heterocycles. The van der Waals surface area contributed by atoms with Gasteiger partial charge in [-0.25, -0.2) is 8.78 Å². The van der Waals surface area contributed by atoms with Gasteiger partial charge in [0.2, 0.25) is 0 Å². The average Bonchev–Trinajstić information content (AvgIpc) is 2.50. The number of rotatable bonds is 5. The van der Waals surface area contributed by atoms with E-state index in [9.17, 15) is 13.6 Å². The van der Waals surface area contributed by atoms with E-state index in [-0.39, 0.29) is 24.1 Å². The molecule has 0 aliphatic carbocycles. The molecule has 0 N–H and O–H groups in total. The number of esters is 1. The third-order valence-electron chi connectivity index (χ3n) is 3.27. The van der Waals surface area contributed by atoms with Gasteiger partial charge in [0.15, 0.2) is 11.6 Å². The molecule has 5 heteroatoms. The van der Waals surface area contributed by atoms with Gasteiger partial charge in [-0.3, -0.25) is 4.79 Å². The fraction of sp³-hybridized carbons (Fsp3) is 0.235. The van der Waals surface area contributed by atoms with E-state index in [1.165, 1.54) is 13.2 Å². The molecule has 0 amide bonds. The minimum absolute atomic E-state index is 0.00376. The van der Waals surface area contributed by atoms with E-state index in [2.05, 4.69) is 4.74 Å². The number of carbonyl (C=O) groups excluding carboxylic acids is 1. The van der Waals surface area contributed by atoms with Crippen LogP contribution in [0.1, 0.15) is 24.8 Å². The number of methoxy groups -OCH3 is 1. The maximum atomic E-state index is 13.5. The van der Waals surface area contributed by atoms with E-state index < -0.39 is 11.6 Å². The molecule has 2 rings (SSSR count). The largest absolute Gasteiger partial charge is 0.469 e. The van der Waals surface area contributed by atoms with Gasteiger partial charge in [0.05, 0.1) is 13.5 Å². The first-order chi connectivity index (χ1) is 10.5. The molecule has 0 aliphatic rings. The van der Waals surface area contributed by atoms with Crippen molar-refractivity contribution >= 4 is 5.97 Å². The zero-order chi connectivity index (χ0) is 16.1. The van der Waals surface area contributed by atoms with Crippen LogP contribution in [0, 0.1) is 11.6 Å². The zero-order valence-electron chi connectivity index (χ0n) is 12.3. The smallest absolute Gasteiger partial charge is 0.306 e. The van der Waals surface area contributed by atoms with Gasteiger partial charge in [-0.2, -0.15) is 0 Å². The molecule has 0 spiro atoms. The molecule has 0 bridgehead atoms. The van der Waals surface area contributed by atoms with Crippen molar-refractivity contribution in [2.24, 2.45) is 0 Å². The van der Waals surface area contributed by atoms with Crippen molar-refractivity contribution in [1.29, 1.82) is 0 Å². The molecule has 22 heavy (non-hydrogen) atoms. The SMILES string of the molecule is COC(=O)CC(C)c1ccc(Oc2ccc(F)cc2F)cc1. The van der Waals surface area contributed by atoms with Crippen molar-refractivity contribution in [2.75, 3.05) is 7.11 Å². The van der Waals surface area contributed by atoms with Crippen LogP contribution in [0.25, 0.3) is 0 Å². The van der Waals surface area contributed by atoms with Crippen LogP contribution >= 0.6 is 0 Å². The topological polar surface area (TPSA) is 35.5 Å². The molecular weight excluding hydrogens is 290 g/mol. The number of carbonyl (C=O) groups is 1. The summed E-state index contributed by atoms with van der Waals surface area (Å²) in [6.07, 6.45) is 0.281. The Morgan fingerprint density at radius 3 is 2.41 bits per heavy atom. The second-order valence-electron chi connectivity index (χ2n) is 4.93. The summed E-state index contributed by atoms with van der Waals surface area (Å²) >= 11 is 0. The first kappa shape index (κ1) is 15.9. The second kappa shape index (κ2) is 7.02. The lowest BCUT2D eigenvalue weighted by Crippen LogP contribution is -2.05. The van der Waals surface area contributed by atoms with Gasteiger partial charge in [-0.15, -0.1) is 0 Å². The maximum absolute atomic E-state index is 13.5. The fourth-order valence-electron chi connectivity index (χ4n) is 2.00. The highest BCUT2D eigenvalue weighted by Gasteiger charge is 2.12. The monoisotopic (exact) mass is 306 g/mol. The molecule has 1 unspecified atom stereocenters. The number of hydrogen-bond acceptors (Lipinski definition) is 3. The molecule has 1 atom stereocenters. The van der Waals surface area contributed by atoms with Crippen LogP contribution in [0.5, 0.6) is 11.5 Å². The standard InChI is InChI=1S/C17H16F2O3/c1-11(9-17(20)21-2)12-3-6-14(7-4-12)22-16-8-5-13(18)10-15(16)19/h3-8,10-11H,9H2,1-2H3.